The van der Waals surface area contributed by atoms with Gasteiger partial charge in [-0.2, -0.15) is 0 Å². The first-order valence-corrected chi connectivity index (χ1v) is 9.72. The zero-order valence-electron chi connectivity index (χ0n) is 16.3. The quantitative estimate of drug-likeness (QED) is 0.869. The molecule has 2 aliphatic heterocycles. The van der Waals surface area contributed by atoms with Gasteiger partial charge in [0.1, 0.15) is 0 Å². The van der Waals surface area contributed by atoms with Crippen molar-refractivity contribution in [1.82, 2.24) is 19.7 Å². The van der Waals surface area contributed by atoms with E-state index in [9.17, 15) is 9.90 Å². The number of amides is 1. The summed E-state index contributed by atoms with van der Waals surface area (Å²) < 4.78 is 0. The Morgan fingerprint density at radius 2 is 1.96 bits per heavy atom. The van der Waals surface area contributed by atoms with E-state index in [2.05, 4.69) is 21.8 Å². The molecule has 1 N–H and O–H groups in total. The number of nitrogens with zero attached hydrogens (tertiary/aromatic N) is 4. The molecule has 6 nitrogen and oxygen atoms in total. The number of carbonyl (C=O) groups excluding carboxylic acids is 1. The van der Waals surface area contributed by atoms with Crippen molar-refractivity contribution in [3.05, 3.63) is 29.1 Å². The molecule has 0 unspecified atom stereocenters. The molecule has 6 heteroatoms. The van der Waals surface area contributed by atoms with Crippen molar-refractivity contribution in [2.24, 2.45) is 11.8 Å². The fourth-order valence-corrected chi connectivity index (χ4v) is 4.22. The van der Waals surface area contributed by atoms with Crippen LogP contribution in [0.4, 0.5) is 0 Å². The Hall–Kier alpha value is -1.50. The van der Waals surface area contributed by atoms with E-state index in [1.807, 2.05) is 24.8 Å². The van der Waals surface area contributed by atoms with Crippen LogP contribution in [0.25, 0.3) is 0 Å². The predicted octanol–water partition coefficient (Wildman–Crippen LogP) is 1.02. The number of aliphatic hydroxyl groups excluding tert-OH is 1. The number of rotatable bonds is 4. The zero-order chi connectivity index (χ0) is 18.7. The highest BCUT2D eigenvalue weighted by atomic mass is 16.3. The molecule has 2 aliphatic rings. The van der Waals surface area contributed by atoms with Gasteiger partial charge < -0.3 is 19.8 Å². The second-order valence-electron chi connectivity index (χ2n) is 8.01. The maximum absolute atomic E-state index is 13.0. The van der Waals surface area contributed by atoms with Crippen LogP contribution < -0.4 is 0 Å². The molecule has 144 valence electrons. The summed E-state index contributed by atoms with van der Waals surface area (Å²) in [5, 5.41) is 9.85. The average molecular weight is 361 g/mol. The molecule has 0 bridgehead atoms. The number of pyridine rings is 1. The molecule has 0 aliphatic carbocycles. The number of hydrogen-bond donors (Lipinski definition) is 1. The number of carbonyl (C=O) groups is 1. The van der Waals surface area contributed by atoms with Gasteiger partial charge in [0, 0.05) is 57.1 Å². The smallest absolute Gasteiger partial charge is 0.255 e. The minimum absolute atomic E-state index is 0.0477. The highest BCUT2D eigenvalue weighted by molar-refractivity contribution is 5.95. The second kappa shape index (κ2) is 8.46. The van der Waals surface area contributed by atoms with Gasteiger partial charge in [0.25, 0.3) is 5.91 Å². The molecule has 3 heterocycles. The molecular weight excluding hydrogens is 328 g/mol. The Balaban J connectivity index is 1.65. The first-order chi connectivity index (χ1) is 12.5. The third-order valence-corrected chi connectivity index (χ3v) is 5.88. The lowest BCUT2D eigenvalue weighted by Crippen LogP contribution is -2.36. The van der Waals surface area contributed by atoms with Gasteiger partial charge >= 0.3 is 0 Å². The molecule has 2 fully saturated rings. The number of aliphatic hydroxyl groups is 1. The normalized spacial score (nSPS) is 25.5. The molecule has 1 aromatic heterocycles. The zero-order valence-corrected chi connectivity index (χ0v) is 16.3. The van der Waals surface area contributed by atoms with Gasteiger partial charge in [-0.3, -0.25) is 9.78 Å². The third-order valence-electron chi connectivity index (χ3n) is 5.88. The molecule has 26 heavy (non-hydrogen) atoms. The standard InChI is InChI=1S/C20H32N4O2/c1-15-9-16(2)21-10-19(15)20(26)24-12-17(18(13-24)14-25)11-23-6-4-5-22(3)7-8-23/h9-10,17-18,25H,4-8,11-14H2,1-3H3/t17-,18-/m1/s1. The number of aryl methyl sites for hydroxylation is 2. The van der Waals surface area contributed by atoms with Crippen LogP contribution in [0.3, 0.4) is 0 Å². The molecule has 0 saturated carbocycles. The van der Waals surface area contributed by atoms with Crippen molar-refractivity contribution in [1.29, 1.82) is 0 Å². The van der Waals surface area contributed by atoms with Gasteiger partial charge in [-0.05, 0) is 58.0 Å². The van der Waals surface area contributed by atoms with Gasteiger partial charge in [-0.15, -0.1) is 0 Å². The summed E-state index contributed by atoms with van der Waals surface area (Å²) in [6.45, 7) is 10.8. The van der Waals surface area contributed by atoms with Crippen LogP contribution in [-0.4, -0.2) is 90.2 Å². The Bertz CT molecular complexity index is 636. The maximum Gasteiger partial charge on any atom is 0.255 e. The van der Waals surface area contributed by atoms with E-state index >= 15 is 0 Å². The summed E-state index contributed by atoms with van der Waals surface area (Å²) in [4.78, 5) is 24.0. The lowest BCUT2D eigenvalue weighted by Gasteiger charge is -2.26. The molecular formula is C20H32N4O2. The predicted molar refractivity (Wildman–Crippen MR) is 102 cm³/mol. The van der Waals surface area contributed by atoms with Crippen LogP contribution in [0.5, 0.6) is 0 Å². The van der Waals surface area contributed by atoms with Crippen molar-refractivity contribution in [2.45, 2.75) is 20.3 Å². The molecule has 0 aromatic carbocycles. The fraction of sp³-hybridized carbons (Fsp3) is 0.700. The second-order valence-corrected chi connectivity index (χ2v) is 8.01. The van der Waals surface area contributed by atoms with Crippen molar-refractivity contribution >= 4 is 5.91 Å². The largest absolute Gasteiger partial charge is 0.396 e. The van der Waals surface area contributed by atoms with Crippen LogP contribution in [0, 0.1) is 25.7 Å². The lowest BCUT2D eigenvalue weighted by molar-refractivity contribution is 0.0778. The topological polar surface area (TPSA) is 59.9 Å². The van der Waals surface area contributed by atoms with E-state index < -0.39 is 0 Å². The van der Waals surface area contributed by atoms with E-state index in [1.165, 1.54) is 6.42 Å². The Kier molecular flexibility index (Phi) is 6.27. The summed E-state index contributed by atoms with van der Waals surface area (Å²) in [6, 6.07) is 1.96. The van der Waals surface area contributed by atoms with Crippen LogP contribution in [-0.2, 0) is 0 Å². The van der Waals surface area contributed by atoms with Crippen LogP contribution in [0.15, 0.2) is 12.3 Å². The molecule has 0 spiro atoms. The van der Waals surface area contributed by atoms with E-state index in [0.29, 0.717) is 18.0 Å². The van der Waals surface area contributed by atoms with Crippen LogP contribution in [0.1, 0.15) is 28.0 Å². The monoisotopic (exact) mass is 360 g/mol. The van der Waals surface area contributed by atoms with E-state index in [0.717, 1.165) is 50.5 Å². The van der Waals surface area contributed by atoms with Gasteiger partial charge in [0.05, 0.1) is 5.56 Å². The van der Waals surface area contributed by atoms with E-state index in [-0.39, 0.29) is 18.4 Å². The SMILES string of the molecule is Cc1cc(C)c(C(=O)N2C[C@@H](CN3CCCN(C)CC3)[C@@H](CO)C2)cn1. The van der Waals surface area contributed by atoms with Gasteiger partial charge in [0.15, 0.2) is 0 Å². The van der Waals surface area contributed by atoms with Crippen LogP contribution >= 0.6 is 0 Å². The van der Waals surface area contributed by atoms with Crippen molar-refractivity contribution < 1.29 is 9.90 Å². The fourth-order valence-electron chi connectivity index (χ4n) is 4.22. The van der Waals surface area contributed by atoms with Crippen molar-refractivity contribution in [3.63, 3.8) is 0 Å². The summed E-state index contributed by atoms with van der Waals surface area (Å²) in [7, 11) is 2.17. The highest BCUT2D eigenvalue weighted by Gasteiger charge is 2.36. The minimum Gasteiger partial charge on any atom is -0.396 e. The number of hydrogen-bond acceptors (Lipinski definition) is 5. The minimum atomic E-state index is 0.0477. The van der Waals surface area contributed by atoms with Crippen LogP contribution in [0.2, 0.25) is 0 Å². The Labute approximate surface area is 156 Å². The van der Waals surface area contributed by atoms with E-state index in [1.54, 1.807) is 6.20 Å². The van der Waals surface area contributed by atoms with E-state index in [4.69, 9.17) is 0 Å². The molecule has 2 atom stereocenters. The molecule has 1 aromatic rings. The molecule has 2 saturated heterocycles. The molecule has 0 radical (unpaired) electrons. The first-order valence-electron chi connectivity index (χ1n) is 9.72. The Morgan fingerprint density at radius 3 is 2.69 bits per heavy atom. The van der Waals surface area contributed by atoms with Crippen molar-refractivity contribution in [3.8, 4) is 0 Å². The summed E-state index contributed by atoms with van der Waals surface area (Å²) in [5.41, 5.74) is 2.59. The average Bonchev–Trinajstić information content (AvgIpc) is 2.90. The summed E-state index contributed by atoms with van der Waals surface area (Å²) in [6.07, 6.45) is 2.88. The van der Waals surface area contributed by atoms with Crippen molar-refractivity contribution in [2.75, 3.05) is 59.5 Å². The molecule has 3 rings (SSSR count). The molecule has 1 amide bonds. The number of aromatic nitrogens is 1. The van der Waals surface area contributed by atoms with Gasteiger partial charge in [0.2, 0.25) is 0 Å². The first kappa shape index (κ1) is 19.3. The third kappa shape index (κ3) is 4.42. The summed E-state index contributed by atoms with van der Waals surface area (Å²) >= 11 is 0. The maximum atomic E-state index is 13.0. The Morgan fingerprint density at radius 1 is 1.19 bits per heavy atom. The lowest BCUT2D eigenvalue weighted by atomic mass is 9.96. The number of likely N-dealkylation sites (tertiary alicyclic amines) is 1. The summed E-state index contributed by atoms with van der Waals surface area (Å²) in [5.74, 6) is 0.552. The number of likely N-dealkylation sites (N-methyl/N-ethyl adjacent to an activating group) is 1. The van der Waals surface area contributed by atoms with Gasteiger partial charge in [-0.25, -0.2) is 0 Å². The van der Waals surface area contributed by atoms with Gasteiger partial charge in [-0.1, -0.05) is 0 Å². The highest BCUT2D eigenvalue weighted by Crippen LogP contribution is 2.26.